The second-order valence-electron chi connectivity index (χ2n) is 7.97. The number of H-pyrrole nitrogens is 1. The molecule has 8 heteroatoms. The first-order chi connectivity index (χ1) is 16.4. The number of hydrogen-bond acceptors (Lipinski definition) is 5. The van der Waals surface area contributed by atoms with Gasteiger partial charge in [-0.1, -0.05) is 49.2 Å². The molecule has 4 rings (SSSR count). The number of carbonyl (C=O) groups excluding carboxylic acids is 1. The lowest BCUT2D eigenvalue weighted by Gasteiger charge is -2.17. The molecule has 0 atom stereocenters. The summed E-state index contributed by atoms with van der Waals surface area (Å²) < 4.78 is 5.45. The molecule has 0 aliphatic carbocycles. The molecule has 0 bridgehead atoms. The molecule has 0 spiro atoms. The molecule has 2 heterocycles. The first-order valence-corrected chi connectivity index (χ1v) is 11.8. The summed E-state index contributed by atoms with van der Waals surface area (Å²) in [5.74, 6) is -0.489. The van der Waals surface area contributed by atoms with Crippen molar-refractivity contribution in [2.75, 3.05) is 18.8 Å². The number of anilines is 1. The Morgan fingerprint density at radius 1 is 1.09 bits per heavy atom. The van der Waals surface area contributed by atoms with Crippen molar-refractivity contribution in [2.45, 2.75) is 27.0 Å². The molecule has 2 aromatic carbocycles. The maximum atomic E-state index is 12.8. The topological polar surface area (TPSA) is 84.2 Å². The van der Waals surface area contributed by atoms with E-state index < -0.39 is 5.97 Å². The lowest BCUT2D eigenvalue weighted by molar-refractivity contribution is 0.0474. The van der Waals surface area contributed by atoms with Crippen LogP contribution in [0, 0.1) is 0 Å². The summed E-state index contributed by atoms with van der Waals surface area (Å²) in [6, 6.07) is 13.0. The van der Waals surface area contributed by atoms with Crippen molar-refractivity contribution >= 4 is 45.9 Å². The second-order valence-corrected chi connectivity index (χ2v) is 8.78. The van der Waals surface area contributed by atoms with Crippen LogP contribution in [0.2, 0.25) is 10.0 Å². The molecule has 0 radical (unpaired) electrons. The number of nitrogens with two attached hydrogens (primary N) is 1. The standard InChI is InChI=1S/C26H26Cl2N4O2/c1-3-32(4-2)14-18-13-30-24-9-8-16(10-19(18)24)17-11-20(25(29)31-12-17)26(33)34-15-21-22(27)6-5-7-23(21)28/h5-13,30H,3-4,14-15H2,1-2H3,(H2,29,31). The Morgan fingerprint density at radius 3 is 2.53 bits per heavy atom. The number of esters is 1. The van der Waals surface area contributed by atoms with Crippen LogP contribution in [0.25, 0.3) is 22.0 Å². The van der Waals surface area contributed by atoms with Crippen LogP contribution in [-0.2, 0) is 17.9 Å². The number of nitrogens with zero attached hydrogens (tertiary/aromatic N) is 2. The Hall–Kier alpha value is -3.06. The molecule has 0 unspecified atom stereocenters. The van der Waals surface area contributed by atoms with Gasteiger partial charge in [0, 0.05) is 51.0 Å². The molecule has 0 amide bonds. The van der Waals surface area contributed by atoms with E-state index in [1.807, 2.05) is 12.1 Å². The molecular weight excluding hydrogens is 471 g/mol. The van der Waals surface area contributed by atoms with Gasteiger partial charge in [-0.05, 0) is 54.5 Å². The predicted octanol–water partition coefficient (Wildman–Crippen LogP) is 6.32. The summed E-state index contributed by atoms with van der Waals surface area (Å²) in [5.41, 5.74) is 10.7. The highest BCUT2D eigenvalue weighted by Crippen LogP contribution is 2.29. The van der Waals surface area contributed by atoms with Gasteiger partial charge in [-0.25, -0.2) is 9.78 Å². The fourth-order valence-corrected chi connectivity index (χ4v) is 4.37. The third-order valence-electron chi connectivity index (χ3n) is 5.94. The van der Waals surface area contributed by atoms with Crippen molar-refractivity contribution in [2.24, 2.45) is 0 Å². The summed E-state index contributed by atoms with van der Waals surface area (Å²) in [6.45, 7) is 7.07. The smallest absolute Gasteiger partial charge is 0.342 e. The third kappa shape index (κ3) is 5.04. The van der Waals surface area contributed by atoms with E-state index in [0.29, 0.717) is 15.6 Å². The maximum absolute atomic E-state index is 12.8. The van der Waals surface area contributed by atoms with Crippen molar-refractivity contribution < 1.29 is 9.53 Å². The van der Waals surface area contributed by atoms with Crippen molar-refractivity contribution in [1.29, 1.82) is 0 Å². The Balaban J connectivity index is 1.60. The molecule has 176 valence electrons. The minimum Gasteiger partial charge on any atom is -0.457 e. The monoisotopic (exact) mass is 496 g/mol. The minimum absolute atomic E-state index is 0.0645. The highest BCUT2D eigenvalue weighted by molar-refractivity contribution is 6.36. The number of hydrogen-bond donors (Lipinski definition) is 2. The predicted molar refractivity (Wildman–Crippen MR) is 138 cm³/mol. The molecular formula is C26H26Cl2N4O2. The number of pyridine rings is 1. The van der Waals surface area contributed by atoms with Gasteiger partial charge in [0.05, 0.1) is 0 Å². The van der Waals surface area contributed by atoms with Gasteiger partial charge in [0.25, 0.3) is 0 Å². The van der Waals surface area contributed by atoms with E-state index in [1.54, 1.807) is 30.5 Å². The lowest BCUT2D eigenvalue weighted by atomic mass is 10.0. The van der Waals surface area contributed by atoms with E-state index in [0.717, 1.165) is 41.7 Å². The average molecular weight is 497 g/mol. The van der Waals surface area contributed by atoms with Gasteiger partial charge in [-0.15, -0.1) is 0 Å². The van der Waals surface area contributed by atoms with E-state index in [9.17, 15) is 4.79 Å². The van der Waals surface area contributed by atoms with Crippen LogP contribution in [0.4, 0.5) is 5.82 Å². The van der Waals surface area contributed by atoms with Gasteiger partial charge in [-0.2, -0.15) is 0 Å². The molecule has 0 aliphatic rings. The minimum atomic E-state index is -0.590. The first-order valence-electron chi connectivity index (χ1n) is 11.1. The Bertz CT molecular complexity index is 1310. The molecule has 34 heavy (non-hydrogen) atoms. The van der Waals surface area contributed by atoms with E-state index in [-0.39, 0.29) is 18.0 Å². The van der Waals surface area contributed by atoms with Crippen molar-refractivity contribution in [3.05, 3.63) is 81.6 Å². The van der Waals surface area contributed by atoms with E-state index >= 15 is 0 Å². The maximum Gasteiger partial charge on any atom is 0.342 e. The number of carbonyl (C=O) groups is 1. The number of ether oxygens (including phenoxy) is 1. The van der Waals surface area contributed by atoms with Crippen LogP contribution in [-0.4, -0.2) is 33.9 Å². The zero-order valence-corrected chi connectivity index (χ0v) is 20.6. The summed E-state index contributed by atoms with van der Waals surface area (Å²) in [6.07, 6.45) is 3.71. The number of rotatable bonds is 8. The van der Waals surface area contributed by atoms with Crippen LogP contribution in [0.15, 0.2) is 54.9 Å². The summed E-state index contributed by atoms with van der Waals surface area (Å²) >= 11 is 12.4. The number of aromatic nitrogens is 2. The zero-order valence-electron chi connectivity index (χ0n) is 19.1. The van der Waals surface area contributed by atoms with Crippen molar-refractivity contribution in [3.8, 4) is 11.1 Å². The van der Waals surface area contributed by atoms with Gasteiger partial charge < -0.3 is 15.5 Å². The number of nitrogen functional groups attached to an aromatic ring is 1. The second kappa shape index (κ2) is 10.5. The fourth-order valence-electron chi connectivity index (χ4n) is 3.86. The van der Waals surface area contributed by atoms with E-state index in [1.165, 1.54) is 5.56 Å². The van der Waals surface area contributed by atoms with E-state index in [2.05, 4.69) is 41.0 Å². The SMILES string of the molecule is CCN(CC)Cc1c[nH]c2ccc(-c3cnc(N)c(C(=O)OCc4c(Cl)cccc4Cl)c3)cc12. The molecule has 2 aromatic heterocycles. The molecule has 0 aliphatic heterocycles. The van der Waals surface area contributed by atoms with Gasteiger partial charge >= 0.3 is 5.97 Å². The summed E-state index contributed by atoms with van der Waals surface area (Å²) in [7, 11) is 0. The normalized spacial score (nSPS) is 11.3. The van der Waals surface area contributed by atoms with Gasteiger partial charge in [0.15, 0.2) is 0 Å². The molecule has 4 aromatic rings. The van der Waals surface area contributed by atoms with Crippen molar-refractivity contribution in [1.82, 2.24) is 14.9 Å². The first kappa shape index (κ1) is 24.1. The number of halogens is 2. The average Bonchev–Trinajstić information content (AvgIpc) is 3.24. The summed E-state index contributed by atoms with van der Waals surface area (Å²) in [5, 5.41) is 2.00. The highest BCUT2D eigenvalue weighted by Gasteiger charge is 2.17. The quantitative estimate of drug-likeness (QED) is 0.279. The van der Waals surface area contributed by atoms with Crippen molar-refractivity contribution in [3.63, 3.8) is 0 Å². The zero-order chi connectivity index (χ0) is 24.2. The van der Waals surface area contributed by atoms with Gasteiger partial charge in [-0.3, -0.25) is 4.90 Å². The molecule has 0 saturated carbocycles. The fraction of sp³-hybridized carbons (Fsp3) is 0.231. The van der Waals surface area contributed by atoms with Gasteiger partial charge in [0.1, 0.15) is 18.0 Å². The van der Waals surface area contributed by atoms with Crippen LogP contribution < -0.4 is 5.73 Å². The van der Waals surface area contributed by atoms with Crippen LogP contribution >= 0.6 is 23.2 Å². The van der Waals surface area contributed by atoms with Crippen LogP contribution in [0.5, 0.6) is 0 Å². The number of benzene rings is 2. The Kier molecular flexibility index (Phi) is 7.41. The number of fused-ring (bicyclic) bond motifs is 1. The largest absolute Gasteiger partial charge is 0.457 e. The Labute approximate surface area is 208 Å². The molecule has 3 N–H and O–H groups in total. The molecule has 0 saturated heterocycles. The summed E-state index contributed by atoms with van der Waals surface area (Å²) in [4.78, 5) is 22.8. The van der Waals surface area contributed by atoms with Crippen LogP contribution in [0.1, 0.15) is 35.3 Å². The molecule has 0 fully saturated rings. The molecule has 6 nitrogen and oxygen atoms in total. The van der Waals surface area contributed by atoms with Gasteiger partial charge in [0.2, 0.25) is 0 Å². The Morgan fingerprint density at radius 2 is 1.82 bits per heavy atom. The lowest BCUT2D eigenvalue weighted by Crippen LogP contribution is -2.21. The van der Waals surface area contributed by atoms with E-state index in [4.69, 9.17) is 33.7 Å². The number of nitrogens with one attached hydrogen (secondary N) is 1. The highest BCUT2D eigenvalue weighted by atomic mass is 35.5. The van der Waals surface area contributed by atoms with Crippen LogP contribution in [0.3, 0.4) is 0 Å². The third-order valence-corrected chi connectivity index (χ3v) is 6.65. The number of aromatic amines is 1.